The van der Waals surface area contributed by atoms with Crippen LogP contribution in [0, 0.1) is 11.6 Å². The van der Waals surface area contributed by atoms with E-state index in [1.165, 1.54) is 48.2 Å². The fraction of sp³-hybridized carbons (Fsp3) is 0.115. The van der Waals surface area contributed by atoms with Gasteiger partial charge in [0, 0.05) is 12.2 Å². The first-order chi connectivity index (χ1) is 17.3. The number of rotatable bonds is 7. The summed E-state index contributed by atoms with van der Waals surface area (Å²) in [6, 6.07) is 16.4. The largest absolute Gasteiger partial charge is 0.483 e. The molecule has 0 bridgehead atoms. The number of nitrogens with one attached hydrogen (secondary N) is 1. The first kappa shape index (κ1) is 25.6. The van der Waals surface area contributed by atoms with Gasteiger partial charge in [-0.25, -0.2) is 13.8 Å². The van der Waals surface area contributed by atoms with Gasteiger partial charge in [0.15, 0.2) is 11.8 Å². The second-order valence-corrected chi connectivity index (χ2v) is 9.43. The van der Waals surface area contributed by atoms with Crippen LogP contribution in [-0.4, -0.2) is 35.0 Å². The average molecular weight is 572 g/mol. The molecule has 10 heteroatoms. The summed E-state index contributed by atoms with van der Waals surface area (Å²) in [5, 5.41) is 3.15. The van der Waals surface area contributed by atoms with Crippen molar-refractivity contribution < 1.29 is 23.1 Å². The number of hydrogen-bond donors (Lipinski definition) is 1. The quantitative estimate of drug-likeness (QED) is 0.334. The van der Waals surface area contributed by atoms with E-state index >= 15 is 0 Å². The van der Waals surface area contributed by atoms with Crippen LogP contribution >= 0.6 is 27.7 Å². The molecule has 184 valence electrons. The van der Waals surface area contributed by atoms with Crippen molar-refractivity contribution in [3.8, 4) is 5.75 Å². The minimum Gasteiger partial charge on any atom is -0.483 e. The summed E-state index contributed by atoms with van der Waals surface area (Å²) < 4.78 is 32.4. The lowest BCUT2D eigenvalue weighted by atomic mass is 10.2. The van der Waals surface area contributed by atoms with Crippen LogP contribution in [0.15, 0.2) is 81.1 Å². The van der Waals surface area contributed by atoms with Crippen molar-refractivity contribution in [2.24, 2.45) is 4.99 Å². The van der Waals surface area contributed by atoms with Crippen molar-refractivity contribution in [2.45, 2.75) is 6.92 Å². The number of nitrogens with zero attached hydrogens (tertiary/aromatic N) is 2. The normalized spacial score (nSPS) is 15.6. The maximum absolute atomic E-state index is 13.2. The molecule has 3 aromatic carbocycles. The number of carbonyl (C=O) groups is 2. The van der Waals surface area contributed by atoms with Crippen LogP contribution in [0.5, 0.6) is 5.75 Å². The van der Waals surface area contributed by atoms with E-state index in [0.717, 1.165) is 5.56 Å². The molecule has 2 amide bonds. The lowest BCUT2D eigenvalue weighted by molar-refractivity contribution is -0.122. The predicted octanol–water partition coefficient (Wildman–Crippen LogP) is 6.37. The highest BCUT2D eigenvalue weighted by Gasteiger charge is 2.32. The zero-order chi connectivity index (χ0) is 25.7. The van der Waals surface area contributed by atoms with Gasteiger partial charge < -0.3 is 10.1 Å². The second kappa shape index (κ2) is 11.5. The number of halogens is 3. The second-order valence-electron chi connectivity index (χ2n) is 7.56. The number of anilines is 1. The van der Waals surface area contributed by atoms with E-state index in [0.29, 0.717) is 38.2 Å². The summed E-state index contributed by atoms with van der Waals surface area (Å²) >= 11 is 4.68. The summed E-state index contributed by atoms with van der Waals surface area (Å²) in [5.41, 5.74) is 1.77. The van der Waals surface area contributed by atoms with Gasteiger partial charge >= 0.3 is 0 Å². The van der Waals surface area contributed by atoms with E-state index in [2.05, 4.69) is 26.2 Å². The monoisotopic (exact) mass is 571 g/mol. The molecule has 0 atom stereocenters. The molecule has 1 heterocycles. The average Bonchev–Trinajstić information content (AvgIpc) is 3.15. The van der Waals surface area contributed by atoms with E-state index in [1.807, 2.05) is 6.92 Å². The summed E-state index contributed by atoms with van der Waals surface area (Å²) in [7, 11) is 0. The standard InChI is InChI=1S/C26H20BrF2N3O3S/c1-2-32-25(34)23(36-26(32)31-20-10-6-18(29)7-11-20)14-16-3-12-22(21(27)13-16)35-15-24(33)30-19-8-4-17(28)5-9-19/h3-14H,2,15H2,1H3,(H,30,33)/b23-14+,31-26?. The molecule has 0 aliphatic carbocycles. The molecular weight excluding hydrogens is 552 g/mol. The molecule has 0 spiro atoms. The molecule has 1 N–H and O–H groups in total. The van der Waals surface area contributed by atoms with Crippen molar-refractivity contribution in [2.75, 3.05) is 18.5 Å². The summed E-state index contributed by atoms with van der Waals surface area (Å²) in [6.07, 6.45) is 1.75. The topological polar surface area (TPSA) is 71.0 Å². The number of hydrogen-bond acceptors (Lipinski definition) is 5. The van der Waals surface area contributed by atoms with Crippen molar-refractivity contribution in [1.29, 1.82) is 0 Å². The van der Waals surface area contributed by atoms with Gasteiger partial charge in [0.05, 0.1) is 15.1 Å². The Labute approximate surface area is 219 Å². The Balaban J connectivity index is 1.43. The summed E-state index contributed by atoms with van der Waals surface area (Å²) in [6.45, 7) is 2.07. The smallest absolute Gasteiger partial charge is 0.266 e. The zero-order valence-electron chi connectivity index (χ0n) is 19.0. The third-order valence-corrected chi connectivity index (χ3v) is 6.62. The van der Waals surface area contributed by atoms with Crippen LogP contribution in [0.25, 0.3) is 6.08 Å². The molecule has 0 saturated carbocycles. The Kier molecular flexibility index (Phi) is 8.17. The third kappa shape index (κ3) is 6.38. The van der Waals surface area contributed by atoms with E-state index in [4.69, 9.17) is 4.74 Å². The number of benzene rings is 3. The van der Waals surface area contributed by atoms with Gasteiger partial charge in [-0.15, -0.1) is 0 Å². The summed E-state index contributed by atoms with van der Waals surface area (Å²) in [4.78, 5) is 31.6. The minimum absolute atomic E-state index is 0.169. The van der Waals surface area contributed by atoms with Crippen molar-refractivity contribution in [3.05, 3.63) is 93.3 Å². The van der Waals surface area contributed by atoms with Gasteiger partial charge in [0.25, 0.3) is 11.8 Å². The fourth-order valence-electron chi connectivity index (χ4n) is 3.25. The molecule has 0 radical (unpaired) electrons. The van der Waals surface area contributed by atoms with Crippen molar-refractivity contribution in [3.63, 3.8) is 0 Å². The zero-order valence-corrected chi connectivity index (χ0v) is 21.4. The molecule has 0 unspecified atom stereocenters. The van der Waals surface area contributed by atoms with Crippen LogP contribution in [-0.2, 0) is 9.59 Å². The number of ether oxygens (including phenoxy) is 1. The van der Waals surface area contributed by atoms with E-state index in [-0.39, 0.29) is 30.1 Å². The van der Waals surface area contributed by atoms with Gasteiger partial charge in [0.1, 0.15) is 17.4 Å². The maximum Gasteiger partial charge on any atom is 0.266 e. The fourth-order valence-corrected chi connectivity index (χ4v) is 4.82. The first-order valence-corrected chi connectivity index (χ1v) is 12.5. The third-order valence-electron chi connectivity index (χ3n) is 5.00. The number of carbonyl (C=O) groups excluding carboxylic acids is 2. The predicted molar refractivity (Wildman–Crippen MR) is 141 cm³/mol. The van der Waals surface area contributed by atoms with Gasteiger partial charge in [-0.05, 0) is 107 Å². The van der Waals surface area contributed by atoms with Crippen LogP contribution in [0.3, 0.4) is 0 Å². The van der Waals surface area contributed by atoms with Crippen LogP contribution in [0.2, 0.25) is 0 Å². The lowest BCUT2D eigenvalue weighted by Crippen LogP contribution is -2.28. The van der Waals surface area contributed by atoms with E-state index in [1.54, 1.807) is 41.3 Å². The molecule has 0 aromatic heterocycles. The van der Waals surface area contributed by atoms with Crippen LogP contribution in [0.4, 0.5) is 20.2 Å². The van der Waals surface area contributed by atoms with E-state index < -0.39 is 0 Å². The SMILES string of the molecule is CCN1C(=O)/C(=C\c2ccc(OCC(=O)Nc3ccc(F)cc3)c(Br)c2)SC1=Nc1ccc(F)cc1. The number of thioether (sulfide) groups is 1. The Bertz CT molecular complexity index is 1350. The van der Waals surface area contributed by atoms with Gasteiger partial charge in [-0.2, -0.15) is 0 Å². The Morgan fingerprint density at radius 3 is 2.39 bits per heavy atom. The Hall–Kier alpha value is -3.50. The molecule has 1 aliphatic rings. The first-order valence-electron chi connectivity index (χ1n) is 10.9. The maximum atomic E-state index is 13.2. The van der Waals surface area contributed by atoms with Crippen molar-refractivity contribution in [1.82, 2.24) is 4.90 Å². The number of likely N-dealkylation sites (N-methyl/N-ethyl adjacent to an activating group) is 1. The molecule has 1 saturated heterocycles. The molecule has 1 aliphatic heterocycles. The number of amides is 2. The molecule has 3 aromatic rings. The molecule has 1 fully saturated rings. The van der Waals surface area contributed by atoms with Gasteiger partial charge in [-0.3, -0.25) is 14.5 Å². The molecule has 4 rings (SSSR count). The highest BCUT2D eigenvalue weighted by atomic mass is 79.9. The van der Waals surface area contributed by atoms with Crippen LogP contribution in [0.1, 0.15) is 12.5 Å². The summed E-state index contributed by atoms with van der Waals surface area (Å²) in [5.74, 6) is -0.851. The minimum atomic E-state index is -0.389. The number of amidine groups is 1. The lowest BCUT2D eigenvalue weighted by Gasteiger charge is -2.12. The van der Waals surface area contributed by atoms with Gasteiger partial charge in [0.2, 0.25) is 0 Å². The molecular formula is C26H20BrF2N3O3S. The Morgan fingerprint density at radius 1 is 1.08 bits per heavy atom. The molecule has 6 nitrogen and oxygen atoms in total. The number of aliphatic imine (C=N–C) groups is 1. The Morgan fingerprint density at radius 2 is 1.75 bits per heavy atom. The highest BCUT2D eigenvalue weighted by Crippen LogP contribution is 2.35. The van der Waals surface area contributed by atoms with E-state index in [9.17, 15) is 18.4 Å². The highest BCUT2D eigenvalue weighted by molar-refractivity contribution is 9.10. The molecule has 36 heavy (non-hydrogen) atoms. The van der Waals surface area contributed by atoms with Gasteiger partial charge in [-0.1, -0.05) is 6.07 Å². The van der Waals surface area contributed by atoms with Crippen molar-refractivity contribution >= 4 is 62.1 Å². The van der Waals surface area contributed by atoms with Crippen LogP contribution < -0.4 is 10.1 Å².